The van der Waals surface area contributed by atoms with Gasteiger partial charge in [0.15, 0.2) is 0 Å². The summed E-state index contributed by atoms with van der Waals surface area (Å²) in [5, 5.41) is 3.12. The highest BCUT2D eigenvalue weighted by atomic mass is 16.1. The zero-order valence-electron chi connectivity index (χ0n) is 12.2. The molecule has 4 atom stereocenters. The average molecular weight is 273 g/mol. The van der Waals surface area contributed by atoms with Crippen molar-refractivity contribution in [1.29, 1.82) is 0 Å². The van der Waals surface area contributed by atoms with Crippen LogP contribution in [-0.4, -0.2) is 16.9 Å². The van der Waals surface area contributed by atoms with Crippen LogP contribution in [0.4, 0.5) is 5.69 Å². The SMILES string of the molecule is Cc1cc(N)c(C(=O)NC(C)C2CC3CCC2C3)cn1. The predicted octanol–water partition coefficient (Wildman–Crippen LogP) is 2.53. The molecule has 1 aromatic rings. The van der Waals surface area contributed by atoms with E-state index in [9.17, 15) is 4.79 Å². The molecular weight excluding hydrogens is 250 g/mol. The van der Waals surface area contributed by atoms with Gasteiger partial charge in [-0.3, -0.25) is 9.78 Å². The highest BCUT2D eigenvalue weighted by Gasteiger charge is 2.42. The molecule has 1 heterocycles. The lowest BCUT2D eigenvalue weighted by Crippen LogP contribution is -2.40. The van der Waals surface area contributed by atoms with Gasteiger partial charge in [0.1, 0.15) is 0 Å². The number of hydrogen-bond acceptors (Lipinski definition) is 3. The second kappa shape index (κ2) is 5.08. The summed E-state index contributed by atoms with van der Waals surface area (Å²) < 4.78 is 0. The zero-order valence-corrected chi connectivity index (χ0v) is 12.2. The summed E-state index contributed by atoms with van der Waals surface area (Å²) in [5.74, 6) is 2.25. The molecule has 1 aromatic heterocycles. The lowest BCUT2D eigenvalue weighted by molar-refractivity contribution is 0.0916. The molecule has 0 aliphatic heterocycles. The van der Waals surface area contributed by atoms with Crippen molar-refractivity contribution in [3.05, 3.63) is 23.5 Å². The van der Waals surface area contributed by atoms with Gasteiger partial charge in [-0.1, -0.05) is 6.42 Å². The van der Waals surface area contributed by atoms with Gasteiger partial charge in [-0.15, -0.1) is 0 Å². The van der Waals surface area contributed by atoms with Crippen LogP contribution in [0.5, 0.6) is 0 Å². The number of amides is 1. The molecule has 20 heavy (non-hydrogen) atoms. The van der Waals surface area contributed by atoms with Crippen molar-refractivity contribution in [2.75, 3.05) is 5.73 Å². The van der Waals surface area contributed by atoms with Crippen molar-refractivity contribution in [2.45, 2.75) is 45.6 Å². The highest BCUT2D eigenvalue weighted by molar-refractivity contribution is 5.98. The van der Waals surface area contributed by atoms with Crippen LogP contribution < -0.4 is 11.1 Å². The highest BCUT2D eigenvalue weighted by Crippen LogP contribution is 2.49. The average Bonchev–Trinajstić information content (AvgIpc) is 3.00. The van der Waals surface area contributed by atoms with Gasteiger partial charge in [0.2, 0.25) is 0 Å². The molecule has 2 bridgehead atoms. The number of hydrogen-bond donors (Lipinski definition) is 2. The standard InChI is InChI=1S/C16H23N3O/c1-9-5-15(17)14(8-18-9)16(20)19-10(2)13-7-11-3-4-12(13)6-11/h5,8,10-13H,3-4,6-7H2,1-2H3,(H2,17,18)(H,19,20). The quantitative estimate of drug-likeness (QED) is 0.889. The molecule has 3 rings (SSSR count). The fraction of sp³-hybridized carbons (Fsp3) is 0.625. The van der Waals surface area contributed by atoms with E-state index in [1.54, 1.807) is 12.3 Å². The molecule has 2 saturated carbocycles. The molecule has 0 aromatic carbocycles. The molecule has 2 fully saturated rings. The van der Waals surface area contributed by atoms with E-state index in [0.29, 0.717) is 17.2 Å². The Kier molecular flexibility index (Phi) is 3.40. The number of nitrogens with zero attached hydrogens (tertiary/aromatic N) is 1. The number of nitrogens with one attached hydrogen (secondary N) is 1. The van der Waals surface area contributed by atoms with Gasteiger partial charge in [0.05, 0.1) is 5.56 Å². The van der Waals surface area contributed by atoms with Gasteiger partial charge >= 0.3 is 0 Å². The first-order valence-corrected chi connectivity index (χ1v) is 7.57. The van der Waals surface area contributed by atoms with E-state index in [1.807, 2.05) is 6.92 Å². The summed E-state index contributed by atoms with van der Waals surface area (Å²) in [6.07, 6.45) is 6.93. The molecule has 0 radical (unpaired) electrons. The Morgan fingerprint density at radius 2 is 2.25 bits per heavy atom. The third kappa shape index (κ3) is 2.39. The maximum absolute atomic E-state index is 12.3. The van der Waals surface area contributed by atoms with Crippen molar-refractivity contribution >= 4 is 11.6 Å². The van der Waals surface area contributed by atoms with Crippen LogP contribution in [0.2, 0.25) is 0 Å². The van der Waals surface area contributed by atoms with Gasteiger partial charge in [-0.05, 0) is 56.9 Å². The molecule has 0 spiro atoms. The Balaban J connectivity index is 1.66. The summed E-state index contributed by atoms with van der Waals surface area (Å²) in [7, 11) is 0. The molecule has 2 aliphatic carbocycles. The summed E-state index contributed by atoms with van der Waals surface area (Å²) >= 11 is 0. The van der Waals surface area contributed by atoms with Gasteiger partial charge in [-0.2, -0.15) is 0 Å². The summed E-state index contributed by atoms with van der Waals surface area (Å²) in [6, 6.07) is 1.97. The molecule has 1 amide bonds. The fourth-order valence-electron chi connectivity index (χ4n) is 4.07. The molecule has 2 aliphatic rings. The summed E-state index contributed by atoms with van der Waals surface area (Å²) in [4.78, 5) is 16.5. The number of nitrogens with two attached hydrogens (primary N) is 1. The topological polar surface area (TPSA) is 68.0 Å². The van der Waals surface area contributed by atoms with E-state index in [1.165, 1.54) is 25.7 Å². The zero-order chi connectivity index (χ0) is 14.3. The molecule has 4 heteroatoms. The van der Waals surface area contributed by atoms with Crippen molar-refractivity contribution in [1.82, 2.24) is 10.3 Å². The van der Waals surface area contributed by atoms with Gasteiger partial charge < -0.3 is 11.1 Å². The Morgan fingerprint density at radius 1 is 1.45 bits per heavy atom. The van der Waals surface area contributed by atoms with E-state index < -0.39 is 0 Å². The van der Waals surface area contributed by atoms with Crippen LogP contribution >= 0.6 is 0 Å². The van der Waals surface area contributed by atoms with Crippen molar-refractivity contribution in [3.8, 4) is 0 Å². The molecule has 108 valence electrons. The van der Waals surface area contributed by atoms with Crippen molar-refractivity contribution in [2.24, 2.45) is 17.8 Å². The van der Waals surface area contributed by atoms with Crippen LogP contribution in [0, 0.1) is 24.7 Å². The maximum Gasteiger partial charge on any atom is 0.255 e. The van der Waals surface area contributed by atoms with Gasteiger partial charge in [0.25, 0.3) is 5.91 Å². The number of aromatic nitrogens is 1. The summed E-state index contributed by atoms with van der Waals surface area (Å²) in [5.41, 5.74) is 7.75. The number of rotatable bonds is 3. The van der Waals surface area contributed by atoms with Crippen LogP contribution in [0.3, 0.4) is 0 Å². The molecule has 3 N–H and O–H groups in total. The minimum absolute atomic E-state index is 0.0923. The minimum Gasteiger partial charge on any atom is -0.398 e. The number of aryl methyl sites for hydroxylation is 1. The third-order valence-electron chi connectivity index (χ3n) is 5.11. The van der Waals surface area contributed by atoms with Gasteiger partial charge in [-0.25, -0.2) is 0 Å². The minimum atomic E-state index is -0.0923. The lowest BCUT2D eigenvalue weighted by Gasteiger charge is -2.28. The van der Waals surface area contributed by atoms with Crippen LogP contribution in [-0.2, 0) is 0 Å². The normalized spacial score (nSPS) is 29.4. The van der Waals surface area contributed by atoms with E-state index >= 15 is 0 Å². The van der Waals surface area contributed by atoms with E-state index in [2.05, 4.69) is 17.2 Å². The Morgan fingerprint density at radius 3 is 2.85 bits per heavy atom. The first kappa shape index (κ1) is 13.4. The first-order chi connectivity index (χ1) is 9.54. The van der Waals surface area contributed by atoms with Gasteiger partial charge in [0, 0.05) is 23.6 Å². The number of pyridine rings is 1. The predicted molar refractivity (Wildman–Crippen MR) is 79.3 cm³/mol. The van der Waals surface area contributed by atoms with Crippen molar-refractivity contribution in [3.63, 3.8) is 0 Å². The maximum atomic E-state index is 12.3. The fourth-order valence-corrected chi connectivity index (χ4v) is 4.07. The molecule has 4 nitrogen and oxygen atoms in total. The number of carbonyl (C=O) groups is 1. The van der Waals surface area contributed by atoms with Crippen molar-refractivity contribution < 1.29 is 4.79 Å². The molecule has 0 saturated heterocycles. The number of carbonyl (C=O) groups excluding carboxylic acids is 1. The Bertz CT molecular complexity index is 528. The number of anilines is 1. The number of nitrogen functional groups attached to an aromatic ring is 1. The number of fused-ring (bicyclic) bond motifs is 2. The largest absolute Gasteiger partial charge is 0.398 e. The Labute approximate surface area is 120 Å². The van der Waals surface area contributed by atoms with Crippen LogP contribution in [0.25, 0.3) is 0 Å². The molecule has 4 unspecified atom stereocenters. The smallest absolute Gasteiger partial charge is 0.255 e. The summed E-state index contributed by atoms with van der Waals surface area (Å²) in [6.45, 7) is 4.00. The van der Waals surface area contributed by atoms with E-state index in [4.69, 9.17) is 5.73 Å². The first-order valence-electron chi connectivity index (χ1n) is 7.57. The second-order valence-electron chi connectivity index (χ2n) is 6.51. The monoisotopic (exact) mass is 273 g/mol. The van der Waals surface area contributed by atoms with E-state index in [-0.39, 0.29) is 11.9 Å². The van der Waals surface area contributed by atoms with Crippen LogP contribution in [0.15, 0.2) is 12.3 Å². The lowest BCUT2D eigenvalue weighted by atomic mass is 9.84. The van der Waals surface area contributed by atoms with Crippen LogP contribution in [0.1, 0.15) is 48.7 Å². The second-order valence-corrected chi connectivity index (χ2v) is 6.51. The Hall–Kier alpha value is -1.58. The van der Waals surface area contributed by atoms with E-state index in [0.717, 1.165) is 17.5 Å². The molecular formula is C16H23N3O. The third-order valence-corrected chi connectivity index (χ3v) is 5.11.